The van der Waals surface area contributed by atoms with Crippen molar-refractivity contribution in [2.24, 2.45) is 0 Å². The van der Waals surface area contributed by atoms with E-state index >= 15 is 0 Å². The zero-order valence-electron chi connectivity index (χ0n) is 14.8. The molecule has 4 aromatic heterocycles. The van der Waals surface area contributed by atoms with Gasteiger partial charge in [-0.2, -0.15) is 0 Å². The number of nitrogens with zero attached hydrogens (tertiary/aromatic N) is 4. The third-order valence-corrected chi connectivity index (χ3v) is 7.32. The number of hydrogen-bond donors (Lipinski definition) is 1. The van der Waals surface area contributed by atoms with Crippen molar-refractivity contribution >= 4 is 44.7 Å². The Morgan fingerprint density at radius 2 is 2.25 bits per heavy atom. The molecule has 1 fully saturated rings. The van der Waals surface area contributed by atoms with Crippen molar-refractivity contribution in [3.8, 4) is 10.7 Å². The Morgan fingerprint density at radius 3 is 3.07 bits per heavy atom. The van der Waals surface area contributed by atoms with Crippen LogP contribution in [0.15, 0.2) is 38.9 Å². The zero-order chi connectivity index (χ0) is 18.9. The summed E-state index contributed by atoms with van der Waals surface area (Å²) in [6, 6.07) is 5.94. The quantitative estimate of drug-likeness (QED) is 0.468. The van der Waals surface area contributed by atoms with Gasteiger partial charge in [-0.1, -0.05) is 17.8 Å². The molecule has 0 radical (unpaired) electrons. The zero-order valence-corrected chi connectivity index (χ0v) is 17.3. The van der Waals surface area contributed by atoms with E-state index < -0.39 is 0 Å². The van der Waals surface area contributed by atoms with Gasteiger partial charge in [-0.05, 0) is 35.7 Å². The van der Waals surface area contributed by atoms with E-state index in [1.54, 1.807) is 11.3 Å². The number of nitrogens with one attached hydrogen (secondary N) is 1. The van der Waals surface area contributed by atoms with Gasteiger partial charge in [-0.15, -0.1) is 32.9 Å². The van der Waals surface area contributed by atoms with Crippen LogP contribution in [0.1, 0.15) is 18.7 Å². The number of thiophene rings is 2. The molecule has 5 rings (SSSR count). The third kappa shape index (κ3) is 3.52. The Kier molecular flexibility index (Phi) is 5.02. The lowest BCUT2D eigenvalue weighted by Gasteiger charge is -2.14. The Morgan fingerprint density at radius 1 is 1.29 bits per heavy atom. The topological polar surface area (TPSA) is 85.7 Å². The SMILES string of the molecule is O=c1[nH]c(CSc2nnc(-c3cccs3)n2CC2CCCO2)nc2ccsc12. The smallest absolute Gasteiger partial charge is 0.268 e. The number of H-pyrrole nitrogens is 1. The number of rotatable bonds is 6. The van der Waals surface area contributed by atoms with E-state index in [0.717, 1.165) is 47.4 Å². The fraction of sp³-hybridized carbons (Fsp3) is 0.333. The van der Waals surface area contributed by atoms with E-state index in [1.165, 1.54) is 23.1 Å². The lowest BCUT2D eigenvalue weighted by atomic mass is 10.2. The molecule has 28 heavy (non-hydrogen) atoms. The fourth-order valence-corrected chi connectivity index (χ4v) is 5.52. The molecular formula is C18H17N5O2S3. The predicted octanol–water partition coefficient (Wildman–Crippen LogP) is 3.78. The van der Waals surface area contributed by atoms with E-state index in [1.807, 2.05) is 22.9 Å². The molecule has 0 saturated carbocycles. The maximum absolute atomic E-state index is 12.2. The van der Waals surface area contributed by atoms with Crippen LogP contribution < -0.4 is 5.56 Å². The van der Waals surface area contributed by atoms with Crippen molar-refractivity contribution in [1.82, 2.24) is 24.7 Å². The van der Waals surface area contributed by atoms with Gasteiger partial charge in [0.1, 0.15) is 10.5 Å². The minimum absolute atomic E-state index is 0.0873. The third-order valence-electron chi connectivity index (χ3n) is 4.57. The highest BCUT2D eigenvalue weighted by Crippen LogP contribution is 2.30. The fourth-order valence-electron chi connectivity index (χ4n) is 3.26. The Bertz CT molecular complexity index is 1140. The van der Waals surface area contributed by atoms with Crippen molar-refractivity contribution in [2.45, 2.75) is 36.4 Å². The van der Waals surface area contributed by atoms with Gasteiger partial charge in [-0.25, -0.2) is 4.98 Å². The first-order chi connectivity index (χ1) is 13.8. The van der Waals surface area contributed by atoms with Gasteiger partial charge in [0.25, 0.3) is 5.56 Å². The molecule has 0 amide bonds. The summed E-state index contributed by atoms with van der Waals surface area (Å²) in [5.74, 6) is 2.03. The van der Waals surface area contributed by atoms with Crippen LogP contribution in [0.2, 0.25) is 0 Å². The summed E-state index contributed by atoms with van der Waals surface area (Å²) in [5.41, 5.74) is 0.653. The summed E-state index contributed by atoms with van der Waals surface area (Å²) in [4.78, 5) is 20.7. The molecule has 4 aromatic rings. The molecule has 1 atom stereocenters. The number of aromatic nitrogens is 5. The Hall–Kier alpha value is -2.01. The largest absolute Gasteiger partial charge is 0.376 e. The first-order valence-electron chi connectivity index (χ1n) is 8.96. The van der Waals surface area contributed by atoms with Crippen LogP contribution in [0.5, 0.6) is 0 Å². The molecule has 1 N–H and O–H groups in total. The second-order valence-electron chi connectivity index (χ2n) is 6.47. The van der Waals surface area contributed by atoms with Gasteiger partial charge in [0.2, 0.25) is 0 Å². The van der Waals surface area contributed by atoms with Crippen LogP contribution >= 0.6 is 34.4 Å². The number of hydrogen-bond acceptors (Lipinski definition) is 8. The molecule has 0 spiro atoms. The van der Waals surface area contributed by atoms with Gasteiger partial charge in [0, 0.05) is 6.61 Å². The molecule has 1 unspecified atom stereocenters. The van der Waals surface area contributed by atoms with Crippen LogP contribution in [0.25, 0.3) is 20.9 Å². The minimum Gasteiger partial charge on any atom is -0.376 e. The number of ether oxygens (including phenoxy) is 1. The molecule has 10 heteroatoms. The Balaban J connectivity index is 1.42. The first-order valence-corrected chi connectivity index (χ1v) is 11.7. The maximum Gasteiger partial charge on any atom is 0.268 e. The van der Waals surface area contributed by atoms with Crippen LogP contribution in [-0.4, -0.2) is 37.4 Å². The number of thioether (sulfide) groups is 1. The van der Waals surface area contributed by atoms with Gasteiger partial charge < -0.3 is 9.72 Å². The summed E-state index contributed by atoms with van der Waals surface area (Å²) >= 11 is 4.59. The summed E-state index contributed by atoms with van der Waals surface area (Å²) in [5, 5.41) is 13.6. The monoisotopic (exact) mass is 431 g/mol. The van der Waals surface area contributed by atoms with Gasteiger partial charge in [-0.3, -0.25) is 9.36 Å². The Labute approximate surface area is 172 Å². The van der Waals surface area contributed by atoms with E-state index in [2.05, 4.69) is 30.8 Å². The van der Waals surface area contributed by atoms with Crippen LogP contribution in [-0.2, 0) is 17.0 Å². The molecule has 144 valence electrons. The van der Waals surface area contributed by atoms with Gasteiger partial charge in [0.05, 0.1) is 28.8 Å². The number of aromatic amines is 1. The van der Waals surface area contributed by atoms with E-state index in [4.69, 9.17) is 4.74 Å². The molecule has 1 saturated heterocycles. The van der Waals surface area contributed by atoms with Crippen molar-refractivity contribution in [3.05, 3.63) is 45.1 Å². The molecule has 7 nitrogen and oxygen atoms in total. The summed E-state index contributed by atoms with van der Waals surface area (Å²) in [6.07, 6.45) is 2.33. The second-order valence-corrected chi connectivity index (χ2v) is 9.27. The van der Waals surface area contributed by atoms with E-state index in [-0.39, 0.29) is 11.7 Å². The lowest BCUT2D eigenvalue weighted by Crippen LogP contribution is -2.16. The highest BCUT2D eigenvalue weighted by atomic mass is 32.2. The van der Waals surface area contributed by atoms with E-state index in [0.29, 0.717) is 16.3 Å². The average molecular weight is 432 g/mol. The molecule has 0 bridgehead atoms. The molecule has 1 aliphatic heterocycles. The van der Waals surface area contributed by atoms with Crippen molar-refractivity contribution in [3.63, 3.8) is 0 Å². The van der Waals surface area contributed by atoms with Crippen LogP contribution in [0, 0.1) is 0 Å². The number of fused-ring (bicyclic) bond motifs is 1. The summed E-state index contributed by atoms with van der Waals surface area (Å²) in [6.45, 7) is 1.55. The van der Waals surface area contributed by atoms with Crippen molar-refractivity contribution in [1.29, 1.82) is 0 Å². The average Bonchev–Trinajstić information content (AvgIpc) is 3.47. The predicted molar refractivity (Wildman–Crippen MR) is 112 cm³/mol. The highest BCUT2D eigenvalue weighted by molar-refractivity contribution is 7.98. The van der Waals surface area contributed by atoms with Crippen LogP contribution in [0.4, 0.5) is 0 Å². The molecular weight excluding hydrogens is 414 g/mol. The van der Waals surface area contributed by atoms with Gasteiger partial charge in [0.15, 0.2) is 11.0 Å². The lowest BCUT2D eigenvalue weighted by molar-refractivity contribution is 0.0953. The molecule has 0 aromatic carbocycles. The minimum atomic E-state index is -0.0873. The molecule has 5 heterocycles. The standard InChI is InChI=1S/C18H17N5O2S3/c24-17-15-12(5-8-27-15)19-14(20-17)10-28-18-22-21-16(13-4-2-7-26-13)23(18)9-11-3-1-6-25-11/h2,4-5,7-8,11H,1,3,6,9-10H2,(H,19,20,24). The highest BCUT2D eigenvalue weighted by Gasteiger charge is 2.22. The van der Waals surface area contributed by atoms with Crippen molar-refractivity contribution < 1.29 is 4.74 Å². The second kappa shape index (κ2) is 7.78. The van der Waals surface area contributed by atoms with Gasteiger partial charge >= 0.3 is 0 Å². The van der Waals surface area contributed by atoms with Crippen molar-refractivity contribution in [2.75, 3.05) is 6.61 Å². The van der Waals surface area contributed by atoms with Crippen LogP contribution in [0.3, 0.4) is 0 Å². The van der Waals surface area contributed by atoms with E-state index in [9.17, 15) is 4.79 Å². The summed E-state index contributed by atoms with van der Waals surface area (Å²) in [7, 11) is 0. The molecule has 0 aliphatic carbocycles. The molecule has 1 aliphatic rings. The first kappa shape index (κ1) is 18.0. The summed E-state index contributed by atoms with van der Waals surface area (Å²) < 4.78 is 8.63. The maximum atomic E-state index is 12.2. The normalized spacial score (nSPS) is 16.9.